The van der Waals surface area contributed by atoms with E-state index in [4.69, 9.17) is 18.0 Å². The van der Waals surface area contributed by atoms with E-state index in [-0.39, 0.29) is 16.4 Å². The standard InChI is InChI=1S/C21H24BrN3O2S2/c1-21(2,3)11-8-9-13-15(10-11)29-19(16(13)17(23)26)25-20(28)24-18(27)12-6-4-5-7-14(12)22/h4-7,11H,8-10H2,1-3H3,(H2,23,26)(H2,24,25,27,28)/t11-/m1/s1. The number of amides is 2. The fourth-order valence-corrected chi connectivity index (χ4v) is 5.69. The van der Waals surface area contributed by atoms with Gasteiger partial charge in [0.25, 0.3) is 11.8 Å². The highest BCUT2D eigenvalue weighted by Crippen LogP contribution is 2.44. The van der Waals surface area contributed by atoms with Gasteiger partial charge < -0.3 is 11.1 Å². The first-order valence-electron chi connectivity index (χ1n) is 9.39. The van der Waals surface area contributed by atoms with E-state index >= 15 is 0 Å². The second-order valence-electron chi connectivity index (χ2n) is 8.27. The highest BCUT2D eigenvalue weighted by Gasteiger charge is 2.33. The van der Waals surface area contributed by atoms with Crippen LogP contribution in [0.25, 0.3) is 0 Å². The Morgan fingerprint density at radius 3 is 2.59 bits per heavy atom. The van der Waals surface area contributed by atoms with Crippen LogP contribution in [0, 0.1) is 11.3 Å². The molecule has 0 radical (unpaired) electrons. The smallest absolute Gasteiger partial charge is 0.258 e. The second-order valence-corrected chi connectivity index (χ2v) is 10.6. The van der Waals surface area contributed by atoms with Crippen molar-refractivity contribution in [2.45, 2.75) is 40.0 Å². The first-order valence-corrected chi connectivity index (χ1v) is 11.4. The van der Waals surface area contributed by atoms with Crippen LogP contribution in [-0.2, 0) is 12.8 Å². The Kier molecular flexibility index (Phi) is 6.45. The average molecular weight is 494 g/mol. The minimum atomic E-state index is -0.473. The molecule has 1 aromatic carbocycles. The molecule has 8 heteroatoms. The van der Waals surface area contributed by atoms with Crippen LogP contribution in [0.15, 0.2) is 28.7 Å². The molecule has 0 aliphatic heterocycles. The maximum absolute atomic E-state index is 12.5. The number of thiophene rings is 1. The molecule has 0 unspecified atom stereocenters. The Morgan fingerprint density at radius 1 is 1.28 bits per heavy atom. The number of primary amides is 1. The first-order chi connectivity index (χ1) is 13.6. The number of hydrogen-bond donors (Lipinski definition) is 3. The lowest BCUT2D eigenvalue weighted by atomic mass is 9.72. The van der Waals surface area contributed by atoms with Gasteiger partial charge in [-0.05, 0) is 76.4 Å². The van der Waals surface area contributed by atoms with Crippen molar-refractivity contribution in [2.24, 2.45) is 17.1 Å². The predicted octanol–water partition coefficient (Wildman–Crippen LogP) is 4.89. The molecular formula is C21H24BrN3O2S2. The fourth-order valence-electron chi connectivity index (χ4n) is 3.62. The van der Waals surface area contributed by atoms with Crippen molar-refractivity contribution in [2.75, 3.05) is 5.32 Å². The maximum atomic E-state index is 12.5. The van der Waals surface area contributed by atoms with E-state index in [9.17, 15) is 9.59 Å². The summed E-state index contributed by atoms with van der Waals surface area (Å²) in [6, 6.07) is 7.10. The van der Waals surface area contributed by atoms with E-state index in [1.807, 2.05) is 6.07 Å². The van der Waals surface area contributed by atoms with Gasteiger partial charge in [0.15, 0.2) is 5.11 Å². The summed E-state index contributed by atoms with van der Waals surface area (Å²) in [6.07, 6.45) is 2.77. The van der Waals surface area contributed by atoms with Gasteiger partial charge in [-0.1, -0.05) is 32.9 Å². The molecule has 0 saturated carbocycles. The number of carbonyl (C=O) groups is 2. The molecule has 0 spiro atoms. The van der Waals surface area contributed by atoms with Crippen molar-refractivity contribution in [1.29, 1.82) is 0 Å². The van der Waals surface area contributed by atoms with Crippen LogP contribution >= 0.6 is 39.5 Å². The average Bonchev–Trinajstić information content (AvgIpc) is 2.98. The largest absolute Gasteiger partial charge is 0.365 e. The predicted molar refractivity (Wildman–Crippen MR) is 126 cm³/mol. The summed E-state index contributed by atoms with van der Waals surface area (Å²) in [7, 11) is 0. The zero-order valence-electron chi connectivity index (χ0n) is 16.6. The maximum Gasteiger partial charge on any atom is 0.258 e. The Bertz CT molecular complexity index is 979. The Hall–Kier alpha value is -1.77. The Labute approximate surface area is 188 Å². The monoisotopic (exact) mass is 493 g/mol. The van der Waals surface area contributed by atoms with Gasteiger partial charge in [-0.15, -0.1) is 11.3 Å². The first kappa shape index (κ1) is 21.9. The van der Waals surface area contributed by atoms with Crippen molar-refractivity contribution in [3.05, 3.63) is 50.3 Å². The summed E-state index contributed by atoms with van der Waals surface area (Å²) < 4.78 is 0.679. The van der Waals surface area contributed by atoms with Gasteiger partial charge >= 0.3 is 0 Å². The quantitative estimate of drug-likeness (QED) is 0.531. The van der Waals surface area contributed by atoms with E-state index in [1.54, 1.807) is 18.2 Å². The van der Waals surface area contributed by atoms with Gasteiger partial charge in [0, 0.05) is 9.35 Å². The number of hydrogen-bond acceptors (Lipinski definition) is 4. The molecule has 5 nitrogen and oxygen atoms in total. The van der Waals surface area contributed by atoms with Crippen molar-refractivity contribution < 1.29 is 9.59 Å². The van der Waals surface area contributed by atoms with Crippen LogP contribution in [0.2, 0.25) is 0 Å². The minimum Gasteiger partial charge on any atom is -0.365 e. The number of carbonyl (C=O) groups excluding carboxylic acids is 2. The summed E-state index contributed by atoms with van der Waals surface area (Å²) in [5.74, 6) is -0.256. The molecule has 1 atom stereocenters. The molecule has 0 fully saturated rings. The van der Waals surface area contributed by atoms with Crippen molar-refractivity contribution in [3.8, 4) is 0 Å². The third-order valence-corrected chi connectivity index (χ3v) is 7.37. The third-order valence-electron chi connectivity index (χ3n) is 5.31. The number of nitrogens with one attached hydrogen (secondary N) is 2. The molecule has 1 aromatic heterocycles. The summed E-state index contributed by atoms with van der Waals surface area (Å²) in [4.78, 5) is 25.8. The van der Waals surface area contributed by atoms with Crippen molar-refractivity contribution in [3.63, 3.8) is 0 Å². The van der Waals surface area contributed by atoms with Gasteiger partial charge in [0.1, 0.15) is 5.00 Å². The van der Waals surface area contributed by atoms with Crippen LogP contribution in [-0.4, -0.2) is 16.9 Å². The highest BCUT2D eigenvalue weighted by molar-refractivity contribution is 9.10. The van der Waals surface area contributed by atoms with Crippen LogP contribution < -0.4 is 16.4 Å². The fraction of sp³-hybridized carbons (Fsp3) is 0.381. The van der Waals surface area contributed by atoms with Crippen LogP contribution in [0.5, 0.6) is 0 Å². The summed E-state index contributed by atoms with van der Waals surface area (Å²) >= 11 is 10.2. The van der Waals surface area contributed by atoms with E-state index in [0.29, 0.717) is 26.5 Å². The van der Waals surface area contributed by atoms with E-state index in [0.717, 1.165) is 24.8 Å². The molecule has 29 heavy (non-hydrogen) atoms. The van der Waals surface area contributed by atoms with Gasteiger partial charge in [-0.25, -0.2) is 0 Å². The zero-order chi connectivity index (χ0) is 21.3. The number of thiocarbonyl (C=S) groups is 1. The normalized spacial score (nSPS) is 16.1. The third kappa shape index (κ3) is 4.87. The number of benzene rings is 1. The molecule has 0 saturated heterocycles. The molecule has 2 amide bonds. The molecule has 1 heterocycles. The molecule has 1 aliphatic carbocycles. The summed E-state index contributed by atoms with van der Waals surface area (Å²) in [5.41, 5.74) is 7.88. The van der Waals surface area contributed by atoms with E-state index in [1.165, 1.54) is 16.2 Å². The number of halogens is 1. The van der Waals surface area contributed by atoms with Crippen molar-refractivity contribution >= 4 is 61.4 Å². The second kappa shape index (κ2) is 8.53. The molecule has 1 aliphatic rings. The number of rotatable bonds is 3. The molecule has 154 valence electrons. The SMILES string of the molecule is CC(C)(C)[C@@H]1CCc2c(sc(NC(=S)NC(=O)c3ccccc3Br)c2C(N)=O)C1. The number of anilines is 1. The van der Waals surface area contributed by atoms with Gasteiger partial charge in [0.2, 0.25) is 0 Å². The molecular weight excluding hydrogens is 470 g/mol. The summed E-state index contributed by atoms with van der Waals surface area (Å²) in [6.45, 7) is 6.74. The molecule has 4 N–H and O–H groups in total. The minimum absolute atomic E-state index is 0.138. The van der Waals surface area contributed by atoms with Crippen LogP contribution in [0.1, 0.15) is 58.3 Å². The lowest BCUT2D eigenvalue weighted by molar-refractivity contribution is 0.0974. The van der Waals surface area contributed by atoms with Crippen LogP contribution in [0.4, 0.5) is 5.00 Å². The highest BCUT2D eigenvalue weighted by atomic mass is 79.9. The Morgan fingerprint density at radius 2 is 1.97 bits per heavy atom. The van der Waals surface area contributed by atoms with Crippen LogP contribution in [0.3, 0.4) is 0 Å². The molecule has 0 bridgehead atoms. The number of fused-ring (bicyclic) bond motifs is 1. The van der Waals surface area contributed by atoms with E-state index < -0.39 is 5.91 Å². The van der Waals surface area contributed by atoms with Gasteiger partial charge in [-0.3, -0.25) is 14.9 Å². The molecule has 2 aromatic rings. The van der Waals surface area contributed by atoms with E-state index in [2.05, 4.69) is 47.3 Å². The lowest BCUT2D eigenvalue weighted by Crippen LogP contribution is -2.34. The Balaban J connectivity index is 1.80. The lowest BCUT2D eigenvalue weighted by Gasteiger charge is -2.33. The zero-order valence-corrected chi connectivity index (χ0v) is 19.8. The van der Waals surface area contributed by atoms with Gasteiger partial charge in [-0.2, -0.15) is 0 Å². The summed E-state index contributed by atoms with van der Waals surface area (Å²) in [5, 5.41) is 6.44. The number of nitrogens with two attached hydrogens (primary N) is 1. The molecule has 3 rings (SSSR count). The topological polar surface area (TPSA) is 84.2 Å². The van der Waals surface area contributed by atoms with Crippen molar-refractivity contribution in [1.82, 2.24) is 5.32 Å². The van der Waals surface area contributed by atoms with Gasteiger partial charge in [0.05, 0.1) is 11.1 Å².